The number of para-hydroxylation sites is 1. The van der Waals surface area contributed by atoms with Crippen molar-refractivity contribution in [3.63, 3.8) is 0 Å². The topological polar surface area (TPSA) is 88.8 Å². The third kappa shape index (κ3) is 3.63. The quantitative estimate of drug-likeness (QED) is 0.487. The Morgan fingerprint density at radius 1 is 1.10 bits per heavy atom. The number of aryl methyl sites for hydroxylation is 1. The summed E-state index contributed by atoms with van der Waals surface area (Å²) >= 11 is 0. The Labute approximate surface area is 173 Å². The second-order valence-corrected chi connectivity index (χ2v) is 7.22. The largest absolute Gasteiger partial charge is 0.497 e. The summed E-state index contributed by atoms with van der Waals surface area (Å²) in [4.78, 5) is 32.3. The smallest absolute Gasteiger partial charge is 0.295 e. The first-order valence-electron chi connectivity index (χ1n) is 9.71. The number of nitro groups is 1. The summed E-state index contributed by atoms with van der Waals surface area (Å²) in [5, 5.41) is 12.2. The highest BCUT2D eigenvalue weighted by atomic mass is 16.6. The number of benzene rings is 2. The summed E-state index contributed by atoms with van der Waals surface area (Å²) in [5.74, 6) is 0.625. The number of hydrogen-bond donors (Lipinski definition) is 0. The van der Waals surface area contributed by atoms with Gasteiger partial charge in [-0.2, -0.15) is 0 Å². The maximum Gasteiger partial charge on any atom is 0.295 e. The summed E-state index contributed by atoms with van der Waals surface area (Å²) in [7, 11) is 1.58. The molecule has 1 amide bonds. The van der Waals surface area contributed by atoms with Gasteiger partial charge in [0.25, 0.3) is 11.6 Å². The number of aromatic nitrogens is 1. The van der Waals surface area contributed by atoms with Crippen molar-refractivity contribution in [3.05, 3.63) is 69.9 Å². The number of rotatable bonds is 4. The Hall–Kier alpha value is -3.68. The zero-order chi connectivity index (χ0) is 21.3. The molecule has 1 aliphatic heterocycles. The molecule has 4 rings (SSSR count). The van der Waals surface area contributed by atoms with Crippen molar-refractivity contribution < 1.29 is 14.5 Å². The molecule has 1 aromatic heterocycles. The van der Waals surface area contributed by atoms with Gasteiger partial charge in [-0.3, -0.25) is 14.9 Å². The molecule has 0 aliphatic carbocycles. The summed E-state index contributed by atoms with van der Waals surface area (Å²) in [6, 6.07) is 14.1. The van der Waals surface area contributed by atoms with E-state index in [9.17, 15) is 14.9 Å². The summed E-state index contributed by atoms with van der Waals surface area (Å²) < 4.78 is 5.21. The van der Waals surface area contributed by atoms with Gasteiger partial charge in [0, 0.05) is 54.6 Å². The van der Waals surface area contributed by atoms with E-state index in [0.717, 1.165) is 16.8 Å². The van der Waals surface area contributed by atoms with E-state index in [-0.39, 0.29) is 11.6 Å². The summed E-state index contributed by atoms with van der Waals surface area (Å²) in [5.41, 5.74) is 2.64. The number of ether oxygens (including phenoxy) is 1. The lowest BCUT2D eigenvalue weighted by molar-refractivity contribution is -0.383. The zero-order valence-electron chi connectivity index (χ0n) is 16.9. The van der Waals surface area contributed by atoms with Crippen LogP contribution in [0.3, 0.4) is 0 Å². The van der Waals surface area contributed by atoms with E-state index in [0.29, 0.717) is 43.0 Å². The van der Waals surface area contributed by atoms with Gasteiger partial charge in [-0.1, -0.05) is 18.2 Å². The first-order valence-corrected chi connectivity index (χ1v) is 9.71. The Morgan fingerprint density at radius 3 is 2.53 bits per heavy atom. The van der Waals surface area contributed by atoms with Crippen molar-refractivity contribution >= 4 is 28.2 Å². The van der Waals surface area contributed by atoms with E-state index in [1.807, 2.05) is 30.0 Å². The van der Waals surface area contributed by atoms with Crippen LogP contribution >= 0.6 is 0 Å². The number of nitrogens with zero attached hydrogens (tertiary/aromatic N) is 4. The van der Waals surface area contributed by atoms with Crippen LogP contribution < -0.4 is 9.64 Å². The number of fused-ring (bicyclic) bond motifs is 1. The molecule has 0 atom stereocenters. The molecule has 0 saturated carbocycles. The lowest BCUT2D eigenvalue weighted by Gasteiger charge is -2.36. The van der Waals surface area contributed by atoms with Crippen molar-refractivity contribution in [2.24, 2.45) is 0 Å². The minimum absolute atomic E-state index is 0.00397. The second kappa shape index (κ2) is 7.98. The van der Waals surface area contributed by atoms with E-state index < -0.39 is 4.92 Å². The van der Waals surface area contributed by atoms with Crippen molar-refractivity contribution in [1.82, 2.24) is 9.88 Å². The highest BCUT2D eigenvalue weighted by molar-refractivity contribution is 5.97. The van der Waals surface area contributed by atoms with Crippen LogP contribution in [0.5, 0.6) is 5.75 Å². The molecule has 0 unspecified atom stereocenters. The molecule has 0 N–H and O–H groups in total. The molecule has 3 aromatic rings. The average molecular weight is 406 g/mol. The van der Waals surface area contributed by atoms with E-state index in [2.05, 4.69) is 9.88 Å². The minimum Gasteiger partial charge on any atom is -0.497 e. The Bertz CT molecular complexity index is 1120. The Kier molecular flexibility index (Phi) is 5.22. The number of carbonyl (C=O) groups is 1. The lowest BCUT2D eigenvalue weighted by Crippen LogP contribution is -2.48. The minimum atomic E-state index is -0.400. The van der Waals surface area contributed by atoms with Crippen molar-refractivity contribution in [2.75, 3.05) is 38.2 Å². The number of amides is 1. The Balaban J connectivity index is 1.57. The molecular formula is C22H22N4O4. The molecule has 8 nitrogen and oxygen atoms in total. The number of methoxy groups -OCH3 is 1. The van der Waals surface area contributed by atoms with Crippen LogP contribution in [0.2, 0.25) is 0 Å². The number of anilines is 1. The molecule has 8 heteroatoms. The molecule has 0 bridgehead atoms. The van der Waals surface area contributed by atoms with Crippen molar-refractivity contribution in [2.45, 2.75) is 6.92 Å². The molecule has 0 radical (unpaired) electrons. The fraction of sp³-hybridized carbons (Fsp3) is 0.273. The normalized spacial score (nSPS) is 14.1. The monoisotopic (exact) mass is 406 g/mol. The summed E-state index contributed by atoms with van der Waals surface area (Å²) in [6.45, 7) is 4.23. The van der Waals surface area contributed by atoms with Crippen LogP contribution in [0.25, 0.3) is 10.9 Å². The van der Waals surface area contributed by atoms with E-state index >= 15 is 0 Å². The van der Waals surface area contributed by atoms with Crippen LogP contribution in [-0.4, -0.2) is 54.0 Å². The van der Waals surface area contributed by atoms with Gasteiger partial charge in [0.15, 0.2) is 5.52 Å². The van der Waals surface area contributed by atoms with E-state index in [1.54, 1.807) is 31.4 Å². The highest BCUT2D eigenvalue weighted by Crippen LogP contribution is 2.32. The number of nitro benzene ring substituents is 1. The SMILES string of the molecule is COc1cccc(C(=O)N2CCN(c3cc(C)nc4c([N+](=O)[O-])cccc34)CC2)c1. The van der Waals surface area contributed by atoms with Crippen LogP contribution in [-0.2, 0) is 0 Å². The highest BCUT2D eigenvalue weighted by Gasteiger charge is 2.25. The molecule has 1 saturated heterocycles. The van der Waals surface area contributed by atoms with Crippen LogP contribution in [0.4, 0.5) is 11.4 Å². The van der Waals surface area contributed by atoms with Crippen molar-refractivity contribution in [1.29, 1.82) is 0 Å². The van der Waals surface area contributed by atoms with Crippen LogP contribution in [0.1, 0.15) is 16.1 Å². The lowest BCUT2D eigenvalue weighted by atomic mass is 10.1. The fourth-order valence-electron chi connectivity index (χ4n) is 3.84. The molecular weight excluding hydrogens is 384 g/mol. The predicted octanol–water partition coefficient (Wildman–Crippen LogP) is 3.42. The standard InChI is InChI=1S/C22H22N4O4/c1-15-13-20(18-7-4-8-19(26(28)29)21(18)23-15)24-9-11-25(12-10-24)22(27)16-5-3-6-17(14-16)30-2/h3-8,13-14H,9-12H2,1-2H3. The molecule has 2 heterocycles. The van der Waals surface area contributed by atoms with Crippen molar-refractivity contribution in [3.8, 4) is 5.75 Å². The van der Waals surface area contributed by atoms with Gasteiger partial charge >= 0.3 is 0 Å². The number of piperazine rings is 1. The maximum absolute atomic E-state index is 12.9. The summed E-state index contributed by atoms with van der Waals surface area (Å²) in [6.07, 6.45) is 0. The zero-order valence-corrected chi connectivity index (χ0v) is 16.9. The molecule has 1 fully saturated rings. The van der Waals surface area contributed by atoms with Gasteiger partial charge in [-0.15, -0.1) is 0 Å². The third-order valence-electron chi connectivity index (χ3n) is 5.35. The second-order valence-electron chi connectivity index (χ2n) is 7.22. The predicted molar refractivity (Wildman–Crippen MR) is 114 cm³/mol. The van der Waals surface area contributed by atoms with Crippen LogP contribution in [0.15, 0.2) is 48.5 Å². The first-order chi connectivity index (χ1) is 14.5. The molecule has 1 aliphatic rings. The number of non-ortho nitro benzene ring substituents is 1. The molecule has 2 aromatic carbocycles. The van der Waals surface area contributed by atoms with Gasteiger partial charge in [-0.05, 0) is 31.2 Å². The fourth-order valence-corrected chi connectivity index (χ4v) is 3.84. The van der Waals surface area contributed by atoms with E-state index in [1.165, 1.54) is 6.07 Å². The van der Waals surface area contributed by atoms with Gasteiger partial charge in [0.05, 0.1) is 12.0 Å². The third-order valence-corrected chi connectivity index (χ3v) is 5.35. The van der Waals surface area contributed by atoms with Gasteiger partial charge in [0.2, 0.25) is 0 Å². The number of hydrogen-bond acceptors (Lipinski definition) is 6. The number of carbonyl (C=O) groups excluding carboxylic acids is 1. The van der Waals surface area contributed by atoms with Gasteiger partial charge in [0.1, 0.15) is 5.75 Å². The average Bonchev–Trinajstić information content (AvgIpc) is 2.77. The maximum atomic E-state index is 12.9. The Morgan fingerprint density at radius 2 is 1.83 bits per heavy atom. The first kappa shape index (κ1) is 19.6. The van der Waals surface area contributed by atoms with E-state index in [4.69, 9.17) is 4.74 Å². The molecule has 154 valence electrons. The van der Waals surface area contributed by atoms with Crippen LogP contribution in [0, 0.1) is 17.0 Å². The number of pyridine rings is 1. The van der Waals surface area contributed by atoms with Gasteiger partial charge in [-0.25, -0.2) is 4.98 Å². The molecule has 30 heavy (non-hydrogen) atoms. The molecule has 0 spiro atoms. The van der Waals surface area contributed by atoms with Gasteiger partial charge < -0.3 is 14.5 Å².